The lowest BCUT2D eigenvalue weighted by molar-refractivity contribution is -0.201. The number of esters is 3. The summed E-state index contributed by atoms with van der Waals surface area (Å²) in [7, 11) is 0. The fourth-order valence-corrected chi connectivity index (χ4v) is 4.30. The van der Waals surface area contributed by atoms with Crippen molar-refractivity contribution >= 4 is 29.7 Å². The van der Waals surface area contributed by atoms with Crippen molar-refractivity contribution in [2.45, 2.75) is 69.3 Å². The van der Waals surface area contributed by atoms with E-state index in [1.165, 1.54) is 32.5 Å². The summed E-state index contributed by atoms with van der Waals surface area (Å²) in [5.41, 5.74) is 10.5. The molecule has 0 bridgehead atoms. The highest BCUT2D eigenvalue weighted by Crippen LogP contribution is 2.38. The number of benzene rings is 1. The molecule has 2 unspecified atom stereocenters. The molecule has 0 aromatic heterocycles. The second-order valence-corrected chi connectivity index (χ2v) is 8.22. The third-order valence-corrected chi connectivity index (χ3v) is 5.73. The maximum atomic E-state index is 11.8. The van der Waals surface area contributed by atoms with Gasteiger partial charge in [-0.05, 0) is 42.6 Å². The van der Waals surface area contributed by atoms with E-state index in [1.807, 2.05) is 32.0 Å². The fourth-order valence-electron chi connectivity index (χ4n) is 3.09. The molecule has 0 spiro atoms. The number of carbonyl (C=O) groups is 3. The first-order valence-electron chi connectivity index (χ1n) is 9.53. The van der Waals surface area contributed by atoms with Crippen LogP contribution in [0.1, 0.15) is 31.9 Å². The van der Waals surface area contributed by atoms with Crippen LogP contribution in [0.2, 0.25) is 0 Å². The van der Waals surface area contributed by atoms with Gasteiger partial charge in [0.2, 0.25) is 0 Å². The average Bonchev–Trinajstić information content (AvgIpc) is 2.67. The predicted molar refractivity (Wildman–Crippen MR) is 111 cm³/mol. The number of rotatable bonds is 7. The zero-order valence-corrected chi connectivity index (χ0v) is 18.8. The van der Waals surface area contributed by atoms with Crippen molar-refractivity contribution in [1.29, 1.82) is 0 Å². The van der Waals surface area contributed by atoms with Gasteiger partial charge >= 0.3 is 17.9 Å². The molecule has 1 aliphatic heterocycles. The lowest BCUT2D eigenvalue weighted by Gasteiger charge is -2.43. The molecule has 10 nitrogen and oxygen atoms in total. The Morgan fingerprint density at radius 3 is 2.26 bits per heavy atom. The minimum atomic E-state index is -1.12. The van der Waals surface area contributed by atoms with Crippen LogP contribution in [-0.2, 0) is 33.3 Å². The first-order valence-corrected chi connectivity index (χ1v) is 10.4. The molecule has 1 aliphatic rings. The lowest BCUT2D eigenvalue weighted by atomic mass is 9.97. The minimum absolute atomic E-state index is 0.235. The van der Waals surface area contributed by atoms with E-state index >= 15 is 0 Å². The van der Waals surface area contributed by atoms with Crippen molar-refractivity contribution in [2.24, 2.45) is 5.11 Å². The number of ether oxygens (including phenoxy) is 4. The smallest absolute Gasteiger partial charge is 0.303 e. The molecule has 11 heteroatoms. The number of azide groups is 1. The molecule has 0 amide bonds. The molecule has 0 N–H and O–H groups in total. The molecule has 31 heavy (non-hydrogen) atoms. The van der Waals surface area contributed by atoms with E-state index in [0.29, 0.717) is 0 Å². The molecule has 168 valence electrons. The number of hydrogen-bond donors (Lipinski definition) is 0. The Morgan fingerprint density at radius 1 is 1.06 bits per heavy atom. The van der Waals surface area contributed by atoms with Gasteiger partial charge in [0.25, 0.3) is 0 Å². The summed E-state index contributed by atoms with van der Waals surface area (Å²) < 4.78 is 21.9. The molecular formula is C20H25N3O7S. The SMILES string of the molecule is CC(=O)OCC1O[C@H](Sc2ccc(C)c(C)c2)[C@@H](OC(C)=O)C(N=[N+]=[N-])[C@H]1OC(C)=O. The lowest BCUT2D eigenvalue weighted by Crippen LogP contribution is -2.59. The van der Waals surface area contributed by atoms with E-state index in [9.17, 15) is 14.4 Å². The summed E-state index contributed by atoms with van der Waals surface area (Å²) in [6.45, 7) is 7.36. The molecule has 1 heterocycles. The Kier molecular flexibility index (Phi) is 8.73. The fraction of sp³-hybridized carbons (Fsp3) is 0.550. The molecular weight excluding hydrogens is 426 g/mol. The summed E-state index contributed by atoms with van der Waals surface area (Å²) in [5.74, 6) is -1.81. The molecule has 1 aromatic rings. The second kappa shape index (κ2) is 11.0. The maximum absolute atomic E-state index is 11.8. The van der Waals surface area contributed by atoms with Crippen molar-refractivity contribution < 1.29 is 33.3 Å². The maximum Gasteiger partial charge on any atom is 0.303 e. The molecule has 5 atom stereocenters. The summed E-state index contributed by atoms with van der Waals surface area (Å²) in [4.78, 5) is 38.5. The van der Waals surface area contributed by atoms with Crippen LogP contribution >= 0.6 is 11.8 Å². The summed E-state index contributed by atoms with van der Waals surface area (Å²) in [6.07, 6.45) is -3.09. The monoisotopic (exact) mass is 451 g/mol. The van der Waals surface area contributed by atoms with Crippen LogP contribution in [0.15, 0.2) is 28.2 Å². The Labute approximate surface area is 184 Å². The third kappa shape index (κ3) is 6.88. The van der Waals surface area contributed by atoms with E-state index < -0.39 is 47.7 Å². The van der Waals surface area contributed by atoms with E-state index in [4.69, 9.17) is 24.5 Å². The first kappa shape index (κ1) is 24.5. The van der Waals surface area contributed by atoms with Crippen molar-refractivity contribution in [3.63, 3.8) is 0 Å². The number of hydrogen-bond acceptors (Lipinski definition) is 9. The highest BCUT2D eigenvalue weighted by molar-refractivity contribution is 7.99. The number of nitrogens with zero attached hydrogens (tertiary/aromatic N) is 3. The van der Waals surface area contributed by atoms with Gasteiger partial charge in [0.15, 0.2) is 0 Å². The van der Waals surface area contributed by atoms with Gasteiger partial charge < -0.3 is 18.9 Å². The molecule has 1 saturated heterocycles. The highest BCUT2D eigenvalue weighted by Gasteiger charge is 2.50. The van der Waals surface area contributed by atoms with E-state index in [0.717, 1.165) is 16.0 Å². The summed E-state index contributed by atoms with van der Waals surface area (Å²) in [6, 6.07) is 4.71. The minimum Gasteiger partial charge on any atom is -0.463 e. The molecule has 0 aliphatic carbocycles. The van der Waals surface area contributed by atoms with Gasteiger partial charge in [-0.15, -0.1) is 0 Å². The largest absolute Gasteiger partial charge is 0.463 e. The van der Waals surface area contributed by atoms with E-state index in [2.05, 4.69) is 10.0 Å². The summed E-state index contributed by atoms with van der Waals surface area (Å²) >= 11 is 1.26. The number of carbonyl (C=O) groups excluding carboxylic acids is 3. The second-order valence-electron chi connectivity index (χ2n) is 7.05. The van der Waals surface area contributed by atoms with Gasteiger partial charge in [0.05, 0.1) is 0 Å². The zero-order chi connectivity index (χ0) is 23.1. The Hall–Kier alpha value is -2.75. The number of aryl methyl sites for hydroxylation is 2. The quantitative estimate of drug-likeness (QED) is 0.203. The normalized spacial score (nSPS) is 25.1. The van der Waals surface area contributed by atoms with Crippen molar-refractivity contribution in [3.8, 4) is 0 Å². The van der Waals surface area contributed by atoms with Gasteiger partial charge in [0, 0.05) is 30.6 Å². The standard InChI is InChI=1S/C20H25N3O7S/c1-10-6-7-15(8-11(10)2)31-20-19(29-14(5)26)17(22-23-21)18(28-13(4)25)16(30-20)9-27-12(3)24/h6-8,16-20H,9H2,1-5H3/t16?,17?,18-,19-,20+/m0/s1. The van der Waals surface area contributed by atoms with Crippen LogP contribution in [0.3, 0.4) is 0 Å². The Bertz CT molecular complexity index is 888. The Balaban J connectivity index is 2.44. The topological polar surface area (TPSA) is 137 Å². The van der Waals surface area contributed by atoms with Crippen LogP contribution in [0, 0.1) is 13.8 Å². The van der Waals surface area contributed by atoms with Gasteiger partial charge in [-0.2, -0.15) is 0 Å². The zero-order valence-electron chi connectivity index (χ0n) is 17.9. The summed E-state index contributed by atoms with van der Waals surface area (Å²) in [5, 5.41) is 3.75. The average molecular weight is 452 g/mol. The molecule has 2 rings (SSSR count). The third-order valence-electron chi connectivity index (χ3n) is 4.59. The van der Waals surface area contributed by atoms with E-state index in [-0.39, 0.29) is 6.61 Å². The highest BCUT2D eigenvalue weighted by atomic mass is 32.2. The van der Waals surface area contributed by atoms with Gasteiger partial charge in [0.1, 0.15) is 36.4 Å². The van der Waals surface area contributed by atoms with Crippen LogP contribution in [0.25, 0.3) is 10.4 Å². The molecule has 0 saturated carbocycles. The molecule has 1 fully saturated rings. The predicted octanol–water partition coefficient (Wildman–Crippen LogP) is 3.23. The number of thioether (sulfide) groups is 1. The van der Waals surface area contributed by atoms with Gasteiger partial charge in [-0.1, -0.05) is 22.9 Å². The van der Waals surface area contributed by atoms with Crippen LogP contribution in [0.4, 0.5) is 0 Å². The van der Waals surface area contributed by atoms with Crippen LogP contribution in [-0.4, -0.2) is 54.3 Å². The first-order chi connectivity index (χ1) is 14.6. The van der Waals surface area contributed by atoms with Gasteiger partial charge in [-0.25, -0.2) is 0 Å². The van der Waals surface area contributed by atoms with Crippen molar-refractivity contribution in [2.75, 3.05) is 6.61 Å². The van der Waals surface area contributed by atoms with Crippen molar-refractivity contribution in [1.82, 2.24) is 0 Å². The molecule has 1 aromatic carbocycles. The Morgan fingerprint density at radius 2 is 1.71 bits per heavy atom. The van der Waals surface area contributed by atoms with Gasteiger partial charge in [-0.3, -0.25) is 14.4 Å². The van der Waals surface area contributed by atoms with Crippen LogP contribution < -0.4 is 0 Å². The van der Waals surface area contributed by atoms with E-state index in [1.54, 1.807) is 0 Å². The van der Waals surface area contributed by atoms with Crippen molar-refractivity contribution in [3.05, 3.63) is 39.8 Å². The molecule has 0 radical (unpaired) electrons. The van der Waals surface area contributed by atoms with Crippen LogP contribution in [0.5, 0.6) is 0 Å².